The van der Waals surface area contributed by atoms with Crippen LogP contribution in [-0.4, -0.2) is 48.0 Å². The predicted molar refractivity (Wildman–Crippen MR) is 24.9 cm³/mol. The number of alkyl halides is 1. The molecule has 0 unspecified atom stereocenters. The fraction of sp³-hybridized carbons (Fsp3) is 0.667. The Bertz CT molecular complexity index is 77.3. The van der Waals surface area contributed by atoms with Gasteiger partial charge in [-0.3, -0.25) is 0 Å². The summed E-state index contributed by atoms with van der Waals surface area (Å²) in [5, 5.41) is 0. The van der Waals surface area contributed by atoms with Crippen molar-refractivity contribution in [1.82, 2.24) is 4.90 Å². The number of carbonyl (C=O) groups is 1. The first-order valence-electron chi connectivity index (χ1n) is 1.71. The summed E-state index contributed by atoms with van der Waals surface area (Å²) in [5.74, 6) is 0. The summed E-state index contributed by atoms with van der Waals surface area (Å²) < 4.78 is 11.3. The molecule has 0 aromatic rings. The molecule has 0 aliphatic carbocycles. The van der Waals surface area contributed by atoms with E-state index in [0.717, 1.165) is 4.90 Å². The average Bonchev–Trinajstić information content (AvgIpc) is 1.65. The van der Waals surface area contributed by atoms with E-state index in [4.69, 9.17) is 0 Å². The molecular weight excluding hydrogens is 292 g/mol. The first kappa shape index (κ1) is 7.32. The van der Waals surface area contributed by atoms with Crippen LogP contribution in [0.2, 0.25) is 0 Å². The summed E-state index contributed by atoms with van der Waals surface area (Å²) in [6.07, 6.45) is 0. The number of amides is 1. The fourth-order valence-electron chi connectivity index (χ4n) is 0.0543. The van der Waals surface area contributed by atoms with Crippen molar-refractivity contribution in [3.8, 4) is 0 Å². The Kier molecular flexibility index (Phi) is 3.49. The van der Waals surface area contributed by atoms with Crippen LogP contribution < -0.4 is 0 Å². The molecule has 0 saturated heterocycles. The van der Waals surface area contributed by atoms with Crippen molar-refractivity contribution in [3.05, 3.63) is 0 Å². The van der Waals surface area contributed by atoms with E-state index in [1.165, 1.54) is 7.05 Å². The zero-order chi connectivity index (χ0) is 5.86. The predicted octanol–water partition coefficient (Wildman–Crippen LogP) is 0.134. The van der Waals surface area contributed by atoms with Crippen molar-refractivity contribution < 1.29 is 9.18 Å². The van der Waals surface area contributed by atoms with Gasteiger partial charge in [0.15, 0.2) is 0 Å². The summed E-state index contributed by atoms with van der Waals surface area (Å²) >= 11 is 0.409. The Labute approximate surface area is 57.4 Å². The van der Waals surface area contributed by atoms with E-state index >= 15 is 0 Å². The summed E-state index contributed by atoms with van der Waals surface area (Å²) in [4.78, 5) is 11.2. The van der Waals surface area contributed by atoms with Gasteiger partial charge in [-0.15, -0.1) is 0 Å². The maximum absolute atomic E-state index is 11.4. The van der Waals surface area contributed by atoms with Gasteiger partial charge >= 0.3 is 57.2 Å². The van der Waals surface area contributed by atoms with Gasteiger partial charge in [-0.25, -0.2) is 0 Å². The van der Waals surface area contributed by atoms with Gasteiger partial charge in [-0.2, -0.15) is 0 Å². The topological polar surface area (TPSA) is 20.3 Å². The van der Waals surface area contributed by atoms with E-state index in [1.807, 2.05) is 0 Å². The molecule has 0 fully saturated rings. The molecule has 2 nitrogen and oxygen atoms in total. The van der Waals surface area contributed by atoms with Gasteiger partial charge in [-0.1, -0.05) is 0 Å². The maximum atomic E-state index is 11.4. The molecule has 0 atom stereocenters. The molecule has 0 aliphatic heterocycles. The molecule has 0 aromatic carbocycles. The Morgan fingerprint density at radius 3 is 2.43 bits per heavy atom. The molecule has 0 N–H and O–H groups in total. The Hall–Kier alpha value is 0.322. The van der Waals surface area contributed by atoms with Crippen molar-refractivity contribution in [2.24, 2.45) is 0 Å². The molecule has 0 spiro atoms. The Morgan fingerprint density at radius 1 is 2.00 bits per heavy atom. The number of nitrogens with zero attached hydrogens (tertiary/aromatic N) is 1. The second-order valence-corrected chi connectivity index (χ2v) is 2.79. The summed E-state index contributed by atoms with van der Waals surface area (Å²) in [5.41, 5.74) is 0. The fourth-order valence-corrected chi connectivity index (χ4v) is 0.287. The SMILES string of the molecule is CN(CF)[C](=O)[Pb]. The first-order chi connectivity index (χ1) is 3.18. The number of halogens is 1. The van der Waals surface area contributed by atoms with E-state index in [2.05, 4.69) is 0 Å². The van der Waals surface area contributed by atoms with Crippen LogP contribution in [0.5, 0.6) is 0 Å². The van der Waals surface area contributed by atoms with Crippen molar-refractivity contribution in [2.75, 3.05) is 13.8 Å². The minimum absolute atomic E-state index is 0.109. The Balaban J connectivity index is 3.34. The standard InChI is InChI=1S/C3H5FNO.Pb/c1-5(2-4)3-6;/h2H2,1H3;. The number of hydrogen-bond donors (Lipinski definition) is 0. The quantitative estimate of drug-likeness (QED) is 0.498. The second-order valence-electron chi connectivity index (χ2n) is 1.12. The second kappa shape index (κ2) is 3.34. The van der Waals surface area contributed by atoms with Crippen LogP contribution >= 0.6 is 0 Å². The van der Waals surface area contributed by atoms with Gasteiger partial charge in [0.05, 0.1) is 0 Å². The minimum atomic E-state index is -0.664. The van der Waals surface area contributed by atoms with Gasteiger partial charge in [0.2, 0.25) is 0 Å². The zero-order valence-corrected chi connectivity index (χ0v) is 7.83. The van der Waals surface area contributed by atoms with E-state index in [0.29, 0.717) is 25.8 Å². The van der Waals surface area contributed by atoms with Gasteiger partial charge in [0.25, 0.3) is 0 Å². The third kappa shape index (κ3) is 2.95. The molecule has 0 saturated carbocycles. The van der Waals surface area contributed by atoms with Crippen LogP contribution in [0.25, 0.3) is 0 Å². The van der Waals surface area contributed by atoms with Crippen molar-refractivity contribution >= 4 is 29.2 Å². The van der Waals surface area contributed by atoms with Gasteiger partial charge in [0, 0.05) is 0 Å². The molecule has 3 radical (unpaired) electrons. The van der Waals surface area contributed by atoms with Crippen molar-refractivity contribution in [3.63, 3.8) is 0 Å². The summed E-state index contributed by atoms with van der Waals surface area (Å²) in [6, 6.07) is 0. The van der Waals surface area contributed by atoms with Crippen LogP contribution in [0.1, 0.15) is 0 Å². The third-order valence-corrected chi connectivity index (χ3v) is 2.01. The normalized spacial score (nSPS) is 8.43. The van der Waals surface area contributed by atoms with Crippen LogP contribution in [0.3, 0.4) is 0 Å². The number of carbonyl (C=O) groups excluding carboxylic acids is 1. The molecule has 39 valence electrons. The van der Waals surface area contributed by atoms with Gasteiger partial charge < -0.3 is 0 Å². The molecule has 1 amide bonds. The molecule has 4 heteroatoms. The van der Waals surface area contributed by atoms with Gasteiger partial charge in [0.1, 0.15) is 0 Å². The molecular formula is C3H5FNOPb. The monoisotopic (exact) mass is 298 g/mol. The van der Waals surface area contributed by atoms with Crippen LogP contribution in [0.15, 0.2) is 0 Å². The number of hydrogen-bond acceptors (Lipinski definition) is 1. The summed E-state index contributed by atoms with van der Waals surface area (Å²) in [7, 11) is 1.44. The van der Waals surface area contributed by atoms with E-state index in [-0.39, 0.29) is 3.47 Å². The summed E-state index contributed by atoms with van der Waals surface area (Å²) in [6.45, 7) is -0.664. The van der Waals surface area contributed by atoms with Crippen LogP contribution in [0, 0.1) is 0 Å². The van der Waals surface area contributed by atoms with Crippen LogP contribution in [-0.2, 0) is 0 Å². The average molecular weight is 297 g/mol. The molecule has 0 bridgehead atoms. The van der Waals surface area contributed by atoms with Crippen molar-refractivity contribution in [2.45, 2.75) is 0 Å². The van der Waals surface area contributed by atoms with Crippen LogP contribution in [0.4, 0.5) is 9.18 Å². The number of rotatable bonds is 1. The van der Waals surface area contributed by atoms with E-state index in [9.17, 15) is 9.18 Å². The zero-order valence-electron chi connectivity index (χ0n) is 3.94. The van der Waals surface area contributed by atoms with E-state index < -0.39 is 6.80 Å². The van der Waals surface area contributed by atoms with Gasteiger partial charge in [-0.05, 0) is 0 Å². The molecule has 7 heavy (non-hydrogen) atoms. The third-order valence-electron chi connectivity index (χ3n) is 0.526. The molecule has 0 aromatic heterocycles. The Morgan fingerprint density at radius 2 is 2.43 bits per heavy atom. The first-order valence-corrected chi connectivity index (χ1v) is 3.65. The molecule has 0 heterocycles. The molecule has 0 rings (SSSR count). The molecule has 0 aliphatic rings. The van der Waals surface area contributed by atoms with E-state index in [1.54, 1.807) is 0 Å². The van der Waals surface area contributed by atoms with Crippen molar-refractivity contribution in [1.29, 1.82) is 0 Å².